The molecule has 0 radical (unpaired) electrons. The summed E-state index contributed by atoms with van der Waals surface area (Å²) in [7, 11) is 0. The van der Waals surface area contributed by atoms with Crippen molar-refractivity contribution in [3.63, 3.8) is 0 Å². The van der Waals surface area contributed by atoms with Gasteiger partial charge in [-0.2, -0.15) is 0 Å². The lowest BCUT2D eigenvalue weighted by Gasteiger charge is -2.33. The minimum Gasteiger partial charge on any atom is -0.313 e. The van der Waals surface area contributed by atoms with E-state index in [1.165, 1.54) is 66.8 Å². The number of aromatic nitrogens is 1. The summed E-state index contributed by atoms with van der Waals surface area (Å²) in [6.45, 7) is 0. The number of nitrogens with zero attached hydrogens (tertiary/aromatic N) is 1. The van der Waals surface area contributed by atoms with Crippen LogP contribution < -0.4 is 0 Å². The largest absolute Gasteiger partial charge is 0.313 e. The highest BCUT2D eigenvalue weighted by atomic mass is 15.0. The quantitative estimate of drug-likeness (QED) is 0.174. The molecule has 0 saturated carbocycles. The SMILES string of the molecule is C1=CCC(C2C=Cc3c(n(-c4ccc(-c5cccc6c5CCC=C6)cc4)c4ccc5c(c34)C3C=CCCC3=C(c3ccccc3)C5)C2)C=C1. The Labute approximate surface area is 290 Å². The molecule has 49 heavy (non-hydrogen) atoms. The lowest BCUT2D eigenvalue weighted by atomic mass is 9.71. The van der Waals surface area contributed by atoms with Crippen LogP contribution in [-0.4, -0.2) is 4.57 Å². The number of benzene rings is 4. The van der Waals surface area contributed by atoms with Crippen LogP contribution in [-0.2, 0) is 19.3 Å². The molecule has 5 aromatic rings. The van der Waals surface area contributed by atoms with Gasteiger partial charge < -0.3 is 4.57 Å². The van der Waals surface area contributed by atoms with Gasteiger partial charge in [0.1, 0.15) is 0 Å². The summed E-state index contributed by atoms with van der Waals surface area (Å²) in [4.78, 5) is 0. The van der Waals surface area contributed by atoms with Gasteiger partial charge in [0.15, 0.2) is 0 Å². The molecule has 0 fully saturated rings. The number of rotatable bonds is 4. The lowest BCUT2D eigenvalue weighted by molar-refractivity contribution is 0.465. The van der Waals surface area contributed by atoms with E-state index in [-0.39, 0.29) is 0 Å². The maximum atomic E-state index is 2.62. The maximum Gasteiger partial charge on any atom is 0.0541 e. The highest BCUT2D eigenvalue weighted by Crippen LogP contribution is 2.50. The van der Waals surface area contributed by atoms with E-state index in [4.69, 9.17) is 0 Å². The first kappa shape index (κ1) is 28.8. The van der Waals surface area contributed by atoms with Gasteiger partial charge in [-0.1, -0.05) is 133 Å². The molecule has 1 heteroatoms. The predicted molar refractivity (Wildman–Crippen MR) is 207 cm³/mol. The van der Waals surface area contributed by atoms with Crippen molar-refractivity contribution >= 4 is 28.6 Å². The molecule has 1 nitrogen and oxygen atoms in total. The first-order valence-electron chi connectivity index (χ1n) is 18.4. The van der Waals surface area contributed by atoms with Gasteiger partial charge in [0.2, 0.25) is 0 Å². The second-order valence-electron chi connectivity index (χ2n) is 14.5. The molecule has 5 aliphatic rings. The molecular formula is C48H41N. The van der Waals surface area contributed by atoms with E-state index < -0.39 is 0 Å². The summed E-state index contributed by atoms with van der Waals surface area (Å²) in [6.07, 6.45) is 31.5. The summed E-state index contributed by atoms with van der Waals surface area (Å²) >= 11 is 0. The Balaban J connectivity index is 1.15. The van der Waals surface area contributed by atoms with E-state index in [1.807, 2.05) is 0 Å². The number of fused-ring (bicyclic) bond motifs is 8. The van der Waals surface area contributed by atoms with Crippen molar-refractivity contribution in [1.29, 1.82) is 0 Å². The van der Waals surface area contributed by atoms with Crippen LogP contribution in [0.3, 0.4) is 0 Å². The zero-order valence-corrected chi connectivity index (χ0v) is 28.0. The third-order valence-corrected chi connectivity index (χ3v) is 11.9. The molecule has 10 rings (SSSR count). The van der Waals surface area contributed by atoms with Gasteiger partial charge in [-0.15, -0.1) is 0 Å². The van der Waals surface area contributed by atoms with Crippen molar-refractivity contribution in [2.45, 2.75) is 50.9 Å². The van der Waals surface area contributed by atoms with Crippen molar-refractivity contribution in [3.8, 4) is 16.8 Å². The Morgan fingerprint density at radius 2 is 1.55 bits per heavy atom. The molecule has 0 amide bonds. The summed E-state index contributed by atoms with van der Waals surface area (Å²) in [5.41, 5.74) is 18.6. The van der Waals surface area contributed by atoms with Crippen molar-refractivity contribution in [2.24, 2.45) is 11.8 Å². The zero-order valence-electron chi connectivity index (χ0n) is 28.0. The van der Waals surface area contributed by atoms with Gasteiger partial charge in [0.25, 0.3) is 0 Å². The molecule has 0 spiro atoms. The molecule has 238 valence electrons. The van der Waals surface area contributed by atoms with Crippen molar-refractivity contribution in [2.75, 3.05) is 0 Å². The molecule has 4 aromatic carbocycles. The fourth-order valence-electron chi connectivity index (χ4n) is 9.56. The summed E-state index contributed by atoms with van der Waals surface area (Å²) in [5, 5.41) is 1.47. The van der Waals surface area contributed by atoms with Gasteiger partial charge in [-0.25, -0.2) is 0 Å². The Morgan fingerprint density at radius 3 is 2.43 bits per heavy atom. The monoisotopic (exact) mass is 631 g/mol. The summed E-state index contributed by atoms with van der Waals surface area (Å²) in [5.74, 6) is 1.36. The first-order chi connectivity index (χ1) is 24.3. The number of hydrogen-bond donors (Lipinski definition) is 0. The Morgan fingerprint density at radius 1 is 0.653 bits per heavy atom. The van der Waals surface area contributed by atoms with Gasteiger partial charge >= 0.3 is 0 Å². The standard InChI is InChI=1S/C48H41N/c1-3-12-32(13-4-1)36-24-28-43-46(31-36)49(38-26-22-35(23-27-38)40-21-11-17-33-16-7-8-18-39(33)40)45-29-25-37-30-44(34-14-5-2-6-15-34)41-19-9-10-20-42(41)47(37)48(43)45/h1-7,10-12,14-17,20-29,32,36,42H,8-9,13,18-19,30-31H2. The molecule has 0 bridgehead atoms. The average Bonchev–Trinajstić information content (AvgIpc) is 3.52. The van der Waals surface area contributed by atoms with Crippen LogP contribution in [0.15, 0.2) is 139 Å². The third-order valence-electron chi connectivity index (χ3n) is 11.9. The molecule has 0 N–H and O–H groups in total. The molecule has 5 aliphatic carbocycles. The molecule has 3 atom stereocenters. The molecule has 1 aromatic heterocycles. The minimum absolute atomic E-state index is 0.328. The Kier molecular flexibility index (Phi) is 6.93. The van der Waals surface area contributed by atoms with Crippen LogP contribution in [0.4, 0.5) is 0 Å². The highest BCUT2D eigenvalue weighted by Gasteiger charge is 2.34. The molecular weight excluding hydrogens is 591 g/mol. The number of hydrogen-bond acceptors (Lipinski definition) is 0. The van der Waals surface area contributed by atoms with E-state index in [0.717, 1.165) is 44.9 Å². The van der Waals surface area contributed by atoms with Crippen LogP contribution in [0.2, 0.25) is 0 Å². The second-order valence-corrected chi connectivity index (χ2v) is 14.5. The van der Waals surface area contributed by atoms with Crippen molar-refractivity contribution in [1.82, 2.24) is 4.57 Å². The van der Waals surface area contributed by atoms with E-state index >= 15 is 0 Å². The summed E-state index contributed by atoms with van der Waals surface area (Å²) < 4.78 is 2.62. The molecule has 1 heterocycles. The highest BCUT2D eigenvalue weighted by molar-refractivity contribution is 5.99. The van der Waals surface area contributed by atoms with Crippen LogP contribution >= 0.6 is 0 Å². The van der Waals surface area contributed by atoms with Crippen LogP contribution in [0.1, 0.15) is 70.7 Å². The van der Waals surface area contributed by atoms with Crippen molar-refractivity contribution in [3.05, 3.63) is 178 Å². The lowest BCUT2D eigenvalue weighted by Crippen LogP contribution is -2.18. The van der Waals surface area contributed by atoms with Crippen molar-refractivity contribution < 1.29 is 0 Å². The van der Waals surface area contributed by atoms with Gasteiger partial charge in [0.05, 0.1) is 5.52 Å². The van der Waals surface area contributed by atoms with E-state index in [9.17, 15) is 0 Å². The van der Waals surface area contributed by atoms with Crippen LogP contribution in [0.25, 0.3) is 45.4 Å². The zero-order chi connectivity index (χ0) is 32.3. The van der Waals surface area contributed by atoms with Gasteiger partial charge in [-0.3, -0.25) is 0 Å². The molecule has 0 saturated heterocycles. The minimum atomic E-state index is 0.328. The Hall–Kier alpha value is -5.14. The predicted octanol–water partition coefficient (Wildman–Crippen LogP) is 12.0. The van der Waals surface area contributed by atoms with Crippen LogP contribution in [0, 0.1) is 11.8 Å². The molecule has 3 unspecified atom stereocenters. The third kappa shape index (κ3) is 4.74. The van der Waals surface area contributed by atoms with Gasteiger partial charge in [-0.05, 0) is 119 Å². The smallest absolute Gasteiger partial charge is 0.0541 e. The van der Waals surface area contributed by atoms with E-state index in [2.05, 4.69) is 150 Å². The number of allylic oxidation sites excluding steroid dienone is 10. The first-order valence-corrected chi connectivity index (χ1v) is 18.4. The maximum absolute atomic E-state index is 2.62. The van der Waals surface area contributed by atoms with Crippen LogP contribution in [0.5, 0.6) is 0 Å². The summed E-state index contributed by atoms with van der Waals surface area (Å²) in [6, 6.07) is 32.3. The van der Waals surface area contributed by atoms with E-state index in [0.29, 0.717) is 17.8 Å². The normalized spacial score (nSPS) is 21.8. The van der Waals surface area contributed by atoms with E-state index in [1.54, 1.807) is 11.1 Å². The second kappa shape index (κ2) is 11.8. The van der Waals surface area contributed by atoms with Gasteiger partial charge in [0, 0.05) is 28.2 Å². The fourth-order valence-corrected chi connectivity index (χ4v) is 9.56. The molecule has 0 aliphatic heterocycles. The fraction of sp³-hybridized carbons (Fsp3) is 0.208. The Bertz CT molecular complexity index is 2300. The average molecular weight is 632 g/mol. The topological polar surface area (TPSA) is 4.93 Å².